The molecule has 0 spiro atoms. The largest absolute Gasteiger partial charge is 0.478 e. The number of para-hydroxylation sites is 1. The van der Waals surface area contributed by atoms with Crippen molar-refractivity contribution in [3.05, 3.63) is 101 Å². The van der Waals surface area contributed by atoms with E-state index in [0.29, 0.717) is 0 Å². The highest BCUT2D eigenvalue weighted by atomic mass is 79.9. The number of aromatic carboxylic acids is 1. The van der Waals surface area contributed by atoms with Crippen LogP contribution in [-0.4, -0.2) is 22.9 Å². The predicted molar refractivity (Wildman–Crippen MR) is 117 cm³/mol. The Bertz CT molecular complexity index is 1270. The number of carbonyl (C=O) groups is 3. The van der Waals surface area contributed by atoms with Crippen molar-refractivity contribution in [2.24, 2.45) is 11.8 Å². The molecule has 2 atom stereocenters. The van der Waals surface area contributed by atoms with Gasteiger partial charge >= 0.3 is 5.97 Å². The van der Waals surface area contributed by atoms with Crippen molar-refractivity contribution in [2.75, 3.05) is 4.90 Å². The molecule has 2 bridgehead atoms. The number of imide groups is 1. The number of carboxylic acids is 1. The molecule has 1 fully saturated rings. The third kappa shape index (κ3) is 2.13. The van der Waals surface area contributed by atoms with Crippen LogP contribution in [0.15, 0.2) is 72.8 Å². The molecule has 3 aliphatic carbocycles. The van der Waals surface area contributed by atoms with Gasteiger partial charge in [0.2, 0.25) is 11.8 Å². The highest BCUT2D eigenvalue weighted by Crippen LogP contribution is 2.66. The number of carbonyl (C=O) groups excluding carboxylic acids is 2. The van der Waals surface area contributed by atoms with E-state index in [0.717, 1.165) is 27.2 Å². The molecule has 1 heterocycles. The van der Waals surface area contributed by atoms with Crippen LogP contribution in [0.1, 0.15) is 38.5 Å². The third-order valence-electron chi connectivity index (χ3n) is 6.89. The van der Waals surface area contributed by atoms with Crippen LogP contribution in [0.25, 0.3) is 0 Å². The molecule has 5 nitrogen and oxygen atoms in total. The van der Waals surface area contributed by atoms with Gasteiger partial charge in [-0.05, 0) is 34.4 Å². The van der Waals surface area contributed by atoms with Crippen molar-refractivity contribution in [2.45, 2.75) is 10.2 Å². The Balaban J connectivity index is 1.62. The summed E-state index contributed by atoms with van der Waals surface area (Å²) in [6.45, 7) is 0. The molecule has 0 aromatic heterocycles. The summed E-state index contributed by atoms with van der Waals surface area (Å²) in [6, 6.07) is 22.0. The van der Waals surface area contributed by atoms with Gasteiger partial charge in [0.25, 0.3) is 0 Å². The molecule has 1 aliphatic heterocycles. The van der Waals surface area contributed by atoms with E-state index in [1.807, 2.05) is 48.5 Å². The molecule has 3 aromatic carbocycles. The summed E-state index contributed by atoms with van der Waals surface area (Å²) in [5.74, 6) is -3.39. The highest BCUT2D eigenvalue weighted by molar-refractivity contribution is 9.09. The van der Waals surface area contributed by atoms with Gasteiger partial charge in [0.05, 0.1) is 27.4 Å². The molecule has 0 unspecified atom stereocenters. The van der Waals surface area contributed by atoms with Crippen molar-refractivity contribution in [3.8, 4) is 0 Å². The number of benzene rings is 3. The van der Waals surface area contributed by atoms with E-state index >= 15 is 0 Å². The first-order chi connectivity index (χ1) is 15.0. The Kier molecular flexibility index (Phi) is 3.67. The maximum atomic E-state index is 13.8. The lowest BCUT2D eigenvalue weighted by molar-refractivity contribution is -0.122. The van der Waals surface area contributed by atoms with Crippen LogP contribution in [0.3, 0.4) is 0 Å². The van der Waals surface area contributed by atoms with Crippen LogP contribution in [0.2, 0.25) is 0 Å². The molecule has 7 rings (SSSR count). The summed E-state index contributed by atoms with van der Waals surface area (Å²) in [6.07, 6.45) is 0. The molecule has 4 aliphatic rings. The quantitative estimate of drug-likeness (QED) is 0.445. The predicted octanol–water partition coefficient (Wildman–Crippen LogP) is 4.29. The second-order valence-electron chi connectivity index (χ2n) is 8.20. The zero-order valence-electron chi connectivity index (χ0n) is 16.2. The molecule has 6 heteroatoms. The molecule has 1 N–H and O–H groups in total. The van der Waals surface area contributed by atoms with Gasteiger partial charge in [-0.3, -0.25) is 9.59 Å². The summed E-state index contributed by atoms with van der Waals surface area (Å²) < 4.78 is -0.848. The first kappa shape index (κ1) is 18.5. The standard InChI is InChI=1S/C25H16BrNO4/c26-25-16-10-4-1-7-13(16)19(14-8-2-5-11-17(14)25)20-21(25)23(29)27(22(20)28)18-12-6-3-9-15(18)24(30)31/h1-12,19-21H,(H,30,31)/t19?,20-,21-,25?/m0/s1. The number of amides is 2. The number of halogens is 1. The third-order valence-corrected chi connectivity index (χ3v) is 8.24. The number of nitrogens with zero attached hydrogens (tertiary/aromatic N) is 1. The monoisotopic (exact) mass is 473 g/mol. The van der Waals surface area contributed by atoms with Crippen molar-refractivity contribution in [3.63, 3.8) is 0 Å². The molecular weight excluding hydrogens is 458 g/mol. The van der Waals surface area contributed by atoms with Gasteiger partial charge in [0.1, 0.15) is 0 Å². The Morgan fingerprint density at radius 1 is 0.839 bits per heavy atom. The summed E-state index contributed by atoms with van der Waals surface area (Å²) >= 11 is 3.94. The van der Waals surface area contributed by atoms with Crippen LogP contribution in [0.4, 0.5) is 5.69 Å². The van der Waals surface area contributed by atoms with Gasteiger partial charge in [-0.15, -0.1) is 0 Å². The number of alkyl halides is 1. The van der Waals surface area contributed by atoms with Crippen molar-refractivity contribution in [1.29, 1.82) is 0 Å². The van der Waals surface area contributed by atoms with E-state index in [2.05, 4.69) is 15.9 Å². The smallest absolute Gasteiger partial charge is 0.337 e. The van der Waals surface area contributed by atoms with Gasteiger partial charge in [0, 0.05) is 5.92 Å². The lowest BCUT2D eigenvalue weighted by Crippen LogP contribution is -2.50. The lowest BCUT2D eigenvalue weighted by atomic mass is 9.55. The normalized spacial score (nSPS) is 27.6. The number of rotatable bonds is 2. The SMILES string of the molecule is O=C(O)c1ccccc1N1C(=O)[C@@H]2[C@@H](C1=O)C1c3ccccc3C2(Br)c2ccccc21. The minimum atomic E-state index is -1.17. The van der Waals surface area contributed by atoms with Crippen LogP contribution in [0.5, 0.6) is 0 Å². The van der Waals surface area contributed by atoms with Crippen LogP contribution in [-0.2, 0) is 13.9 Å². The van der Waals surface area contributed by atoms with Gasteiger partial charge in [-0.2, -0.15) is 0 Å². The fourth-order valence-electron chi connectivity index (χ4n) is 5.77. The van der Waals surface area contributed by atoms with E-state index in [1.54, 1.807) is 12.1 Å². The molecule has 0 saturated carbocycles. The van der Waals surface area contributed by atoms with E-state index in [9.17, 15) is 19.5 Å². The first-order valence-electron chi connectivity index (χ1n) is 10.0. The van der Waals surface area contributed by atoms with Crippen molar-refractivity contribution < 1.29 is 19.5 Å². The maximum absolute atomic E-state index is 13.8. The molecular formula is C25H16BrNO4. The summed E-state index contributed by atoms with van der Waals surface area (Å²) in [5.41, 5.74) is 4.13. The molecule has 1 saturated heterocycles. The molecule has 3 aromatic rings. The average Bonchev–Trinajstić information content (AvgIpc) is 3.05. The van der Waals surface area contributed by atoms with Crippen molar-refractivity contribution in [1.82, 2.24) is 0 Å². The molecule has 2 amide bonds. The van der Waals surface area contributed by atoms with Crippen LogP contribution in [0, 0.1) is 11.8 Å². The number of carboxylic acid groups (broad SMARTS) is 1. The Morgan fingerprint density at radius 3 is 2.00 bits per heavy atom. The summed E-state index contributed by atoms with van der Waals surface area (Å²) in [4.78, 5) is 40.5. The molecule has 0 radical (unpaired) electrons. The van der Waals surface area contributed by atoms with Gasteiger partial charge in [-0.25, -0.2) is 9.69 Å². The Morgan fingerprint density at radius 2 is 1.39 bits per heavy atom. The van der Waals surface area contributed by atoms with Gasteiger partial charge in [-0.1, -0.05) is 76.6 Å². The highest BCUT2D eigenvalue weighted by Gasteiger charge is 2.67. The fourth-order valence-corrected chi connectivity index (χ4v) is 6.97. The minimum Gasteiger partial charge on any atom is -0.478 e. The number of hydrogen-bond acceptors (Lipinski definition) is 3. The van der Waals surface area contributed by atoms with Crippen molar-refractivity contribution >= 4 is 39.4 Å². The summed E-state index contributed by atoms with van der Waals surface area (Å²) in [7, 11) is 0. The van der Waals surface area contributed by atoms with E-state index in [1.165, 1.54) is 12.1 Å². The second-order valence-corrected chi connectivity index (χ2v) is 9.45. The van der Waals surface area contributed by atoms with Crippen LogP contribution >= 0.6 is 15.9 Å². The minimum absolute atomic E-state index is 0.0613. The molecule has 31 heavy (non-hydrogen) atoms. The van der Waals surface area contributed by atoms with E-state index in [-0.39, 0.29) is 29.0 Å². The van der Waals surface area contributed by atoms with Gasteiger partial charge < -0.3 is 5.11 Å². The molecule has 152 valence electrons. The Hall–Kier alpha value is -3.25. The number of hydrogen-bond donors (Lipinski definition) is 1. The average molecular weight is 474 g/mol. The zero-order chi connectivity index (χ0) is 21.5. The van der Waals surface area contributed by atoms with Gasteiger partial charge in [0.15, 0.2) is 0 Å². The van der Waals surface area contributed by atoms with E-state index in [4.69, 9.17) is 0 Å². The maximum Gasteiger partial charge on any atom is 0.337 e. The second kappa shape index (κ2) is 6.14. The van der Waals surface area contributed by atoms with E-state index < -0.39 is 22.1 Å². The van der Waals surface area contributed by atoms with Crippen LogP contribution < -0.4 is 4.90 Å². The summed E-state index contributed by atoms with van der Waals surface area (Å²) in [5, 5.41) is 9.65. The fraction of sp³-hybridized carbons (Fsp3) is 0.160. The number of anilines is 1. The zero-order valence-corrected chi connectivity index (χ0v) is 17.7. The topological polar surface area (TPSA) is 74.7 Å². The lowest BCUT2D eigenvalue weighted by Gasteiger charge is -2.51. The first-order valence-corrected chi connectivity index (χ1v) is 10.8. The Labute approximate surface area is 186 Å².